The van der Waals surface area contributed by atoms with E-state index in [4.69, 9.17) is 4.84 Å². The van der Waals surface area contributed by atoms with Gasteiger partial charge in [-0.3, -0.25) is 9.78 Å². The van der Waals surface area contributed by atoms with Gasteiger partial charge in [0.15, 0.2) is 0 Å². The number of nitrogens with zero attached hydrogens (tertiary/aromatic N) is 2. The van der Waals surface area contributed by atoms with Crippen LogP contribution in [0.15, 0.2) is 48.9 Å². The number of carbonyl (C=O) groups is 2. The highest BCUT2D eigenvalue weighted by molar-refractivity contribution is 5.84. The van der Waals surface area contributed by atoms with Crippen LogP contribution in [0.3, 0.4) is 0 Å². The fourth-order valence-electron chi connectivity index (χ4n) is 3.56. The summed E-state index contributed by atoms with van der Waals surface area (Å²) in [6, 6.07) is 8.46. The molecule has 1 aliphatic rings. The van der Waals surface area contributed by atoms with Gasteiger partial charge >= 0.3 is 12.1 Å². The van der Waals surface area contributed by atoms with Crippen LogP contribution >= 0.6 is 0 Å². The Morgan fingerprint density at radius 2 is 2.06 bits per heavy atom. The van der Waals surface area contributed by atoms with Crippen molar-refractivity contribution in [2.75, 3.05) is 18.0 Å². The van der Waals surface area contributed by atoms with Crippen LogP contribution in [-0.2, 0) is 27.0 Å². The second-order valence-electron chi connectivity index (χ2n) is 7.38. The lowest BCUT2D eigenvalue weighted by molar-refractivity contribution is -0.161. The Morgan fingerprint density at radius 1 is 1.23 bits per heavy atom. The van der Waals surface area contributed by atoms with Crippen molar-refractivity contribution < 1.29 is 27.6 Å². The number of rotatable bonds is 4. The predicted octanol–water partition coefficient (Wildman–Crippen LogP) is 3.23. The van der Waals surface area contributed by atoms with E-state index in [0.29, 0.717) is 13.0 Å². The van der Waals surface area contributed by atoms with E-state index in [1.54, 1.807) is 11.1 Å². The molecule has 0 spiro atoms. The van der Waals surface area contributed by atoms with Crippen molar-refractivity contribution >= 4 is 28.5 Å². The number of nitrogens with one attached hydrogen (secondary N) is 2. The molecule has 1 saturated heterocycles. The normalized spacial score (nSPS) is 16.5. The number of aromatic nitrogens is 2. The van der Waals surface area contributed by atoms with Crippen molar-refractivity contribution in [2.45, 2.75) is 19.0 Å². The van der Waals surface area contributed by atoms with Crippen LogP contribution in [0.5, 0.6) is 0 Å². The number of hydrogen-bond acceptors (Lipinski definition) is 5. The van der Waals surface area contributed by atoms with Crippen molar-refractivity contribution in [3.8, 4) is 0 Å². The predicted molar refractivity (Wildman–Crippen MR) is 106 cm³/mol. The van der Waals surface area contributed by atoms with E-state index in [2.05, 4.69) is 15.4 Å². The highest BCUT2D eigenvalue weighted by atomic mass is 19.4. The first-order valence-electron chi connectivity index (χ1n) is 9.62. The maximum atomic E-state index is 12.9. The molecule has 2 aromatic heterocycles. The molecular formula is C21H19F3N4O3. The van der Waals surface area contributed by atoms with Crippen molar-refractivity contribution in [1.82, 2.24) is 15.4 Å². The van der Waals surface area contributed by atoms with Gasteiger partial charge in [0.05, 0.1) is 29.8 Å². The number of anilines is 1. The largest absolute Gasteiger partial charge is 0.417 e. The van der Waals surface area contributed by atoms with Gasteiger partial charge in [0, 0.05) is 31.0 Å². The minimum atomic E-state index is -4.49. The Morgan fingerprint density at radius 3 is 2.87 bits per heavy atom. The maximum absolute atomic E-state index is 12.9. The average Bonchev–Trinajstić information content (AvgIpc) is 3.41. The minimum Gasteiger partial charge on any atom is -0.369 e. The summed E-state index contributed by atoms with van der Waals surface area (Å²) in [6.07, 6.45) is -0.170. The monoisotopic (exact) mass is 432 g/mol. The first-order chi connectivity index (χ1) is 14.8. The first-order valence-corrected chi connectivity index (χ1v) is 9.62. The minimum absolute atomic E-state index is 0.0366. The van der Waals surface area contributed by atoms with E-state index in [9.17, 15) is 22.8 Å². The average molecular weight is 432 g/mol. The lowest BCUT2D eigenvalue weighted by Crippen LogP contribution is -2.32. The SMILES string of the molecule is O=C(Cc1ccc2cc[nH]c2c1)NOC(=O)C1CCN(c2cncc(C(F)(F)F)c2)C1. The molecule has 10 heteroatoms. The maximum Gasteiger partial charge on any atom is 0.417 e. The summed E-state index contributed by atoms with van der Waals surface area (Å²) in [5.74, 6) is -1.67. The molecule has 0 aliphatic carbocycles. The fourth-order valence-corrected chi connectivity index (χ4v) is 3.56. The fraction of sp³-hybridized carbons (Fsp3) is 0.286. The lowest BCUT2D eigenvalue weighted by atomic mass is 10.1. The third kappa shape index (κ3) is 4.79. The van der Waals surface area contributed by atoms with Gasteiger partial charge in [0.25, 0.3) is 5.91 Å². The van der Waals surface area contributed by atoms with Gasteiger partial charge in [-0.25, -0.2) is 4.79 Å². The second kappa shape index (κ2) is 8.29. The molecule has 0 saturated carbocycles. The lowest BCUT2D eigenvalue weighted by Gasteiger charge is -2.19. The Labute approximate surface area is 175 Å². The molecule has 2 N–H and O–H groups in total. The number of hydroxylamine groups is 1. The molecule has 1 unspecified atom stereocenters. The van der Waals surface area contributed by atoms with Crippen LogP contribution in [-0.4, -0.2) is 34.9 Å². The number of hydrogen-bond donors (Lipinski definition) is 2. The molecule has 1 aromatic carbocycles. The molecule has 3 aromatic rings. The standard InChI is InChI=1S/C21H19F3N4O3/c22-21(23,24)16-9-17(11-25-10-16)28-6-4-15(12-28)20(30)31-27-19(29)8-13-1-2-14-3-5-26-18(14)7-13/h1-3,5,7,9-11,15,26H,4,6,8,12H2,(H,27,29). The van der Waals surface area contributed by atoms with Gasteiger partial charge in [-0.1, -0.05) is 12.1 Å². The van der Waals surface area contributed by atoms with Crippen LogP contribution in [0, 0.1) is 5.92 Å². The molecule has 7 nitrogen and oxygen atoms in total. The molecule has 3 heterocycles. The smallest absolute Gasteiger partial charge is 0.369 e. The Balaban J connectivity index is 1.29. The summed E-state index contributed by atoms with van der Waals surface area (Å²) in [6.45, 7) is 0.564. The topological polar surface area (TPSA) is 87.3 Å². The van der Waals surface area contributed by atoms with Crippen molar-refractivity contribution in [3.63, 3.8) is 0 Å². The Kier molecular flexibility index (Phi) is 5.53. The third-order valence-corrected chi connectivity index (χ3v) is 5.19. The zero-order valence-corrected chi connectivity index (χ0v) is 16.3. The van der Waals surface area contributed by atoms with Crippen LogP contribution in [0.1, 0.15) is 17.5 Å². The molecule has 1 aliphatic heterocycles. The molecule has 162 valence electrons. The van der Waals surface area contributed by atoms with E-state index in [1.807, 2.05) is 24.3 Å². The van der Waals surface area contributed by atoms with Crippen LogP contribution in [0.25, 0.3) is 10.9 Å². The molecular weight excluding hydrogens is 413 g/mol. The van der Waals surface area contributed by atoms with Gasteiger partial charge in [-0.05, 0) is 35.6 Å². The molecule has 1 atom stereocenters. The number of pyridine rings is 1. The molecule has 4 rings (SSSR count). The number of H-pyrrole nitrogens is 1. The van der Waals surface area contributed by atoms with Gasteiger partial charge < -0.3 is 14.7 Å². The van der Waals surface area contributed by atoms with Gasteiger partial charge in [0.2, 0.25) is 0 Å². The number of aromatic amines is 1. The quantitative estimate of drug-likeness (QED) is 0.619. The number of amides is 1. The van der Waals surface area contributed by atoms with E-state index >= 15 is 0 Å². The number of alkyl halides is 3. The van der Waals surface area contributed by atoms with E-state index in [1.165, 1.54) is 6.20 Å². The molecule has 31 heavy (non-hydrogen) atoms. The van der Waals surface area contributed by atoms with Crippen molar-refractivity contribution in [2.24, 2.45) is 5.92 Å². The van der Waals surface area contributed by atoms with Gasteiger partial charge in [0.1, 0.15) is 0 Å². The van der Waals surface area contributed by atoms with Gasteiger partial charge in [-0.15, -0.1) is 0 Å². The van der Waals surface area contributed by atoms with Gasteiger partial charge in [-0.2, -0.15) is 18.7 Å². The second-order valence-corrected chi connectivity index (χ2v) is 7.38. The molecule has 1 fully saturated rings. The number of benzene rings is 1. The summed E-state index contributed by atoms with van der Waals surface area (Å²) < 4.78 is 38.6. The molecule has 0 radical (unpaired) electrons. The number of fused-ring (bicyclic) bond motifs is 1. The van der Waals surface area contributed by atoms with E-state index in [-0.39, 0.29) is 18.7 Å². The third-order valence-electron chi connectivity index (χ3n) is 5.19. The summed E-state index contributed by atoms with van der Waals surface area (Å²) in [5, 5.41) is 1.03. The zero-order valence-electron chi connectivity index (χ0n) is 16.3. The highest BCUT2D eigenvalue weighted by Gasteiger charge is 2.34. The summed E-state index contributed by atoms with van der Waals surface area (Å²) in [7, 11) is 0. The van der Waals surface area contributed by atoms with E-state index < -0.39 is 29.5 Å². The van der Waals surface area contributed by atoms with E-state index in [0.717, 1.165) is 28.7 Å². The first kappa shape index (κ1) is 20.7. The molecule has 0 bridgehead atoms. The highest BCUT2D eigenvalue weighted by Crippen LogP contribution is 2.32. The van der Waals surface area contributed by atoms with Crippen molar-refractivity contribution in [3.05, 3.63) is 60.0 Å². The Bertz CT molecular complexity index is 1110. The zero-order chi connectivity index (χ0) is 22.0. The van der Waals surface area contributed by atoms with Crippen LogP contribution in [0.2, 0.25) is 0 Å². The Hall–Kier alpha value is -3.56. The van der Waals surface area contributed by atoms with Crippen LogP contribution < -0.4 is 10.4 Å². The summed E-state index contributed by atoms with van der Waals surface area (Å²) in [4.78, 5) is 37.7. The summed E-state index contributed by atoms with van der Waals surface area (Å²) >= 11 is 0. The van der Waals surface area contributed by atoms with Crippen LogP contribution in [0.4, 0.5) is 18.9 Å². The summed E-state index contributed by atoms with van der Waals surface area (Å²) in [5.41, 5.74) is 3.25. The van der Waals surface area contributed by atoms with Crippen molar-refractivity contribution in [1.29, 1.82) is 0 Å². The molecule has 1 amide bonds. The number of carbonyl (C=O) groups excluding carboxylic acids is 2. The number of halogens is 3.